The standard InChI is InChI=1S/C16H20N2O2S/c1-18(2)15-9-7-13(8-10-15)12-17-14-5-4-6-16(11-14)21(3,19)20/h4-11,17H,12H2,1-3H3. The van der Waals surface area contributed by atoms with Crippen LogP contribution in [-0.2, 0) is 16.4 Å². The quantitative estimate of drug-likeness (QED) is 0.923. The van der Waals surface area contributed by atoms with Crippen LogP contribution < -0.4 is 10.2 Å². The lowest BCUT2D eigenvalue weighted by Crippen LogP contribution is -2.08. The van der Waals surface area contributed by atoms with E-state index < -0.39 is 9.84 Å². The van der Waals surface area contributed by atoms with E-state index >= 15 is 0 Å². The molecule has 0 saturated heterocycles. The lowest BCUT2D eigenvalue weighted by atomic mass is 10.2. The number of anilines is 2. The van der Waals surface area contributed by atoms with Crippen LogP contribution in [0.25, 0.3) is 0 Å². The van der Waals surface area contributed by atoms with E-state index in [4.69, 9.17) is 0 Å². The molecule has 0 aliphatic heterocycles. The van der Waals surface area contributed by atoms with Crippen molar-refractivity contribution in [2.45, 2.75) is 11.4 Å². The minimum absolute atomic E-state index is 0.329. The topological polar surface area (TPSA) is 49.4 Å². The Morgan fingerprint density at radius 2 is 1.71 bits per heavy atom. The van der Waals surface area contributed by atoms with Gasteiger partial charge in [0.25, 0.3) is 0 Å². The van der Waals surface area contributed by atoms with Gasteiger partial charge in [-0.2, -0.15) is 0 Å². The molecule has 2 rings (SSSR count). The molecule has 0 aliphatic rings. The van der Waals surface area contributed by atoms with Gasteiger partial charge in [-0.3, -0.25) is 0 Å². The van der Waals surface area contributed by atoms with E-state index in [2.05, 4.69) is 29.6 Å². The van der Waals surface area contributed by atoms with Crippen LogP contribution in [0, 0.1) is 0 Å². The summed E-state index contributed by atoms with van der Waals surface area (Å²) in [6, 6.07) is 15.1. The predicted octanol–water partition coefficient (Wildman–Crippen LogP) is 2.77. The number of nitrogens with one attached hydrogen (secondary N) is 1. The van der Waals surface area contributed by atoms with Crippen LogP contribution in [0.2, 0.25) is 0 Å². The Labute approximate surface area is 126 Å². The zero-order chi connectivity index (χ0) is 15.5. The SMILES string of the molecule is CN(C)c1ccc(CNc2cccc(S(C)(=O)=O)c2)cc1. The van der Waals surface area contributed by atoms with Crippen LogP contribution in [0.1, 0.15) is 5.56 Å². The average Bonchev–Trinajstić information content (AvgIpc) is 2.45. The monoisotopic (exact) mass is 304 g/mol. The van der Waals surface area contributed by atoms with Gasteiger partial charge >= 0.3 is 0 Å². The van der Waals surface area contributed by atoms with E-state index in [0.29, 0.717) is 11.4 Å². The Balaban J connectivity index is 2.06. The summed E-state index contributed by atoms with van der Waals surface area (Å²) in [5.41, 5.74) is 3.10. The normalized spacial score (nSPS) is 11.2. The zero-order valence-corrected chi connectivity index (χ0v) is 13.3. The second kappa shape index (κ2) is 6.18. The Morgan fingerprint density at radius 3 is 2.29 bits per heavy atom. The Bertz CT molecular complexity index is 707. The molecular formula is C16H20N2O2S. The molecule has 5 heteroatoms. The molecule has 0 aliphatic carbocycles. The first kappa shape index (κ1) is 15.4. The first-order chi connectivity index (χ1) is 9.86. The number of benzene rings is 2. The fourth-order valence-corrected chi connectivity index (χ4v) is 2.62. The maximum Gasteiger partial charge on any atom is 0.175 e. The number of rotatable bonds is 5. The molecule has 1 N–H and O–H groups in total. The highest BCUT2D eigenvalue weighted by Gasteiger charge is 2.07. The number of sulfone groups is 1. The second-order valence-electron chi connectivity index (χ2n) is 5.21. The first-order valence-corrected chi connectivity index (χ1v) is 8.55. The molecule has 0 saturated carbocycles. The van der Waals surface area contributed by atoms with Gasteiger partial charge in [0, 0.05) is 38.3 Å². The Kier molecular flexibility index (Phi) is 4.53. The van der Waals surface area contributed by atoms with Crippen molar-refractivity contribution in [2.24, 2.45) is 0 Å². The van der Waals surface area contributed by atoms with Crippen molar-refractivity contribution in [3.63, 3.8) is 0 Å². The molecule has 0 fully saturated rings. The molecule has 0 heterocycles. The molecule has 4 nitrogen and oxygen atoms in total. The molecule has 2 aromatic rings. The zero-order valence-electron chi connectivity index (χ0n) is 12.5. The number of hydrogen-bond acceptors (Lipinski definition) is 4. The van der Waals surface area contributed by atoms with Crippen molar-refractivity contribution < 1.29 is 8.42 Å². The molecule has 112 valence electrons. The molecule has 0 spiro atoms. The highest BCUT2D eigenvalue weighted by molar-refractivity contribution is 7.90. The molecule has 0 amide bonds. The summed E-state index contributed by atoms with van der Waals surface area (Å²) >= 11 is 0. The molecular weight excluding hydrogens is 284 g/mol. The van der Waals surface area contributed by atoms with E-state index in [9.17, 15) is 8.42 Å². The molecule has 0 bridgehead atoms. The van der Waals surface area contributed by atoms with Crippen LogP contribution in [0.5, 0.6) is 0 Å². The fraction of sp³-hybridized carbons (Fsp3) is 0.250. The van der Waals surface area contributed by atoms with Crippen LogP contribution in [0.15, 0.2) is 53.4 Å². The van der Waals surface area contributed by atoms with Gasteiger partial charge in [0.2, 0.25) is 0 Å². The van der Waals surface area contributed by atoms with Crippen LogP contribution in [0.4, 0.5) is 11.4 Å². The van der Waals surface area contributed by atoms with Crippen molar-refractivity contribution in [1.82, 2.24) is 0 Å². The van der Waals surface area contributed by atoms with E-state index in [-0.39, 0.29) is 0 Å². The van der Waals surface area contributed by atoms with Crippen molar-refractivity contribution in [2.75, 3.05) is 30.6 Å². The molecule has 2 aromatic carbocycles. The van der Waals surface area contributed by atoms with Crippen molar-refractivity contribution in [3.05, 3.63) is 54.1 Å². The van der Waals surface area contributed by atoms with Crippen LogP contribution in [-0.4, -0.2) is 28.8 Å². The summed E-state index contributed by atoms with van der Waals surface area (Å²) in [5, 5.41) is 3.24. The molecule has 0 radical (unpaired) electrons. The van der Waals surface area contributed by atoms with E-state index in [1.807, 2.05) is 25.1 Å². The number of hydrogen-bond donors (Lipinski definition) is 1. The van der Waals surface area contributed by atoms with Gasteiger partial charge in [0.05, 0.1) is 4.90 Å². The van der Waals surface area contributed by atoms with Crippen LogP contribution in [0.3, 0.4) is 0 Å². The molecule has 0 aromatic heterocycles. The smallest absolute Gasteiger partial charge is 0.175 e. The lowest BCUT2D eigenvalue weighted by Gasteiger charge is -2.13. The highest BCUT2D eigenvalue weighted by Crippen LogP contribution is 2.17. The van der Waals surface area contributed by atoms with Gasteiger partial charge in [0.15, 0.2) is 9.84 Å². The molecule has 0 unspecified atom stereocenters. The lowest BCUT2D eigenvalue weighted by molar-refractivity contribution is 0.602. The largest absolute Gasteiger partial charge is 0.381 e. The highest BCUT2D eigenvalue weighted by atomic mass is 32.2. The second-order valence-corrected chi connectivity index (χ2v) is 7.23. The maximum atomic E-state index is 11.5. The van der Waals surface area contributed by atoms with Crippen molar-refractivity contribution in [1.29, 1.82) is 0 Å². The summed E-state index contributed by atoms with van der Waals surface area (Å²) in [4.78, 5) is 2.38. The Morgan fingerprint density at radius 1 is 1.05 bits per heavy atom. The Hall–Kier alpha value is -2.01. The van der Waals surface area contributed by atoms with Crippen molar-refractivity contribution in [3.8, 4) is 0 Å². The minimum Gasteiger partial charge on any atom is -0.381 e. The summed E-state index contributed by atoms with van der Waals surface area (Å²) in [6.07, 6.45) is 1.21. The third-order valence-corrected chi connectivity index (χ3v) is 4.32. The maximum absolute atomic E-state index is 11.5. The first-order valence-electron chi connectivity index (χ1n) is 6.66. The third kappa shape index (κ3) is 4.23. The molecule has 0 atom stereocenters. The van der Waals surface area contributed by atoms with Gasteiger partial charge in [-0.15, -0.1) is 0 Å². The number of nitrogens with zero attached hydrogens (tertiary/aromatic N) is 1. The summed E-state index contributed by atoms with van der Waals surface area (Å²) in [6.45, 7) is 0.654. The van der Waals surface area contributed by atoms with Gasteiger partial charge < -0.3 is 10.2 Å². The van der Waals surface area contributed by atoms with E-state index in [1.54, 1.807) is 18.2 Å². The van der Waals surface area contributed by atoms with Crippen molar-refractivity contribution >= 4 is 21.2 Å². The summed E-state index contributed by atoms with van der Waals surface area (Å²) < 4.78 is 23.1. The third-order valence-electron chi connectivity index (χ3n) is 3.21. The average molecular weight is 304 g/mol. The van der Waals surface area contributed by atoms with Gasteiger partial charge in [-0.25, -0.2) is 8.42 Å². The summed E-state index contributed by atoms with van der Waals surface area (Å²) in [7, 11) is 0.839. The predicted molar refractivity (Wildman–Crippen MR) is 87.6 cm³/mol. The van der Waals surface area contributed by atoms with Gasteiger partial charge in [0.1, 0.15) is 0 Å². The summed E-state index contributed by atoms with van der Waals surface area (Å²) in [5.74, 6) is 0. The molecule has 21 heavy (non-hydrogen) atoms. The fourth-order valence-electron chi connectivity index (χ4n) is 1.95. The van der Waals surface area contributed by atoms with E-state index in [0.717, 1.165) is 16.9 Å². The van der Waals surface area contributed by atoms with Crippen LogP contribution >= 0.6 is 0 Å². The van der Waals surface area contributed by atoms with E-state index in [1.165, 1.54) is 6.26 Å². The van der Waals surface area contributed by atoms with Gasteiger partial charge in [-0.05, 0) is 35.9 Å². The minimum atomic E-state index is -3.17. The van der Waals surface area contributed by atoms with Gasteiger partial charge in [-0.1, -0.05) is 18.2 Å².